The lowest BCUT2D eigenvalue weighted by molar-refractivity contribution is 0.101. The van der Waals surface area contributed by atoms with Crippen LogP contribution in [0.3, 0.4) is 0 Å². The summed E-state index contributed by atoms with van der Waals surface area (Å²) < 4.78 is 31.1. The number of hydrogen-bond acceptors (Lipinski definition) is 2. The second-order valence-corrected chi connectivity index (χ2v) is 2.73. The summed E-state index contributed by atoms with van der Waals surface area (Å²) in [7, 11) is 0. The Bertz CT molecular complexity index is 361. The number of benzene rings is 1. The SMILES string of the molecule is CCOc1c(F)ccc(C(C)=O)c1F. The third kappa shape index (κ3) is 1.89. The number of hydrogen-bond donors (Lipinski definition) is 0. The molecule has 1 aromatic carbocycles. The van der Waals surface area contributed by atoms with Gasteiger partial charge in [-0.05, 0) is 26.0 Å². The number of ether oxygens (including phenoxy) is 1. The summed E-state index contributed by atoms with van der Waals surface area (Å²) in [4.78, 5) is 10.9. The van der Waals surface area contributed by atoms with Gasteiger partial charge in [0.1, 0.15) is 0 Å². The lowest BCUT2D eigenvalue weighted by Gasteiger charge is -2.07. The van der Waals surface area contributed by atoms with Crippen molar-refractivity contribution in [2.45, 2.75) is 13.8 Å². The summed E-state index contributed by atoms with van der Waals surface area (Å²) in [6.45, 7) is 2.97. The van der Waals surface area contributed by atoms with Crippen molar-refractivity contribution >= 4 is 5.78 Å². The molecule has 0 spiro atoms. The van der Waals surface area contributed by atoms with E-state index in [-0.39, 0.29) is 12.2 Å². The fourth-order valence-electron chi connectivity index (χ4n) is 1.08. The van der Waals surface area contributed by atoms with Gasteiger partial charge in [0.15, 0.2) is 23.2 Å². The van der Waals surface area contributed by atoms with Crippen LogP contribution in [0.1, 0.15) is 24.2 Å². The molecule has 0 radical (unpaired) electrons. The molecule has 0 unspecified atom stereocenters. The van der Waals surface area contributed by atoms with Crippen molar-refractivity contribution in [1.82, 2.24) is 0 Å². The van der Waals surface area contributed by atoms with Gasteiger partial charge in [-0.25, -0.2) is 8.78 Å². The average molecular weight is 200 g/mol. The first kappa shape index (κ1) is 10.6. The van der Waals surface area contributed by atoms with Gasteiger partial charge in [0.05, 0.1) is 12.2 Å². The van der Waals surface area contributed by atoms with E-state index in [1.165, 1.54) is 6.92 Å². The zero-order valence-electron chi connectivity index (χ0n) is 7.93. The Kier molecular flexibility index (Phi) is 3.17. The van der Waals surface area contributed by atoms with Gasteiger partial charge in [0.25, 0.3) is 0 Å². The summed E-state index contributed by atoms with van der Waals surface area (Å²) in [6, 6.07) is 2.13. The van der Waals surface area contributed by atoms with E-state index in [0.717, 1.165) is 12.1 Å². The third-order valence-electron chi connectivity index (χ3n) is 1.72. The molecule has 4 heteroatoms. The normalized spacial score (nSPS) is 10.0. The molecule has 76 valence electrons. The molecule has 0 saturated carbocycles. The first-order valence-corrected chi connectivity index (χ1v) is 4.19. The summed E-state index contributed by atoms with van der Waals surface area (Å²) in [5.74, 6) is -2.67. The quantitative estimate of drug-likeness (QED) is 0.701. The fraction of sp³-hybridized carbons (Fsp3) is 0.300. The number of rotatable bonds is 3. The standard InChI is InChI=1S/C10H10F2O2/c1-3-14-10-8(11)5-4-7(6(2)13)9(10)12/h4-5H,3H2,1-2H3. The minimum absolute atomic E-state index is 0.148. The van der Waals surface area contributed by atoms with Crippen LogP contribution in [-0.2, 0) is 0 Å². The molecule has 1 rings (SSSR count). The van der Waals surface area contributed by atoms with Crippen LogP contribution in [0, 0.1) is 11.6 Å². The number of Topliss-reactive ketones (excluding diaryl/α,β-unsaturated/α-hetero) is 1. The van der Waals surface area contributed by atoms with Crippen LogP contribution in [0.25, 0.3) is 0 Å². The Hall–Kier alpha value is -1.45. The van der Waals surface area contributed by atoms with Crippen molar-refractivity contribution in [3.63, 3.8) is 0 Å². The molecule has 0 atom stereocenters. The van der Waals surface area contributed by atoms with Crippen molar-refractivity contribution < 1.29 is 18.3 Å². The van der Waals surface area contributed by atoms with Crippen LogP contribution in [-0.4, -0.2) is 12.4 Å². The zero-order chi connectivity index (χ0) is 10.7. The van der Waals surface area contributed by atoms with Gasteiger partial charge in [-0.2, -0.15) is 0 Å². The molecule has 1 aromatic rings. The Balaban J connectivity index is 3.26. The number of halogens is 2. The van der Waals surface area contributed by atoms with Crippen LogP contribution in [0.5, 0.6) is 5.75 Å². The maximum atomic E-state index is 13.4. The molecular weight excluding hydrogens is 190 g/mol. The van der Waals surface area contributed by atoms with Gasteiger partial charge >= 0.3 is 0 Å². The first-order valence-electron chi connectivity index (χ1n) is 4.19. The second kappa shape index (κ2) is 4.17. The lowest BCUT2D eigenvalue weighted by Crippen LogP contribution is -2.04. The van der Waals surface area contributed by atoms with Crippen LogP contribution in [0.15, 0.2) is 12.1 Å². The highest BCUT2D eigenvalue weighted by Crippen LogP contribution is 2.24. The van der Waals surface area contributed by atoms with E-state index >= 15 is 0 Å². The summed E-state index contributed by atoms with van der Waals surface area (Å²) in [6.07, 6.45) is 0. The van der Waals surface area contributed by atoms with E-state index < -0.39 is 23.2 Å². The van der Waals surface area contributed by atoms with E-state index in [2.05, 4.69) is 0 Å². The minimum Gasteiger partial charge on any atom is -0.488 e. The Morgan fingerprint density at radius 1 is 1.43 bits per heavy atom. The minimum atomic E-state index is -0.931. The summed E-state index contributed by atoms with van der Waals surface area (Å²) in [5, 5.41) is 0. The lowest BCUT2D eigenvalue weighted by atomic mass is 10.1. The molecule has 0 aliphatic carbocycles. The molecule has 0 aromatic heterocycles. The molecule has 0 aliphatic heterocycles. The predicted molar refractivity (Wildman–Crippen MR) is 47.5 cm³/mol. The monoisotopic (exact) mass is 200 g/mol. The van der Waals surface area contributed by atoms with E-state index in [9.17, 15) is 13.6 Å². The van der Waals surface area contributed by atoms with Crippen molar-refractivity contribution in [3.05, 3.63) is 29.3 Å². The topological polar surface area (TPSA) is 26.3 Å². The molecular formula is C10H10F2O2. The molecule has 0 heterocycles. The van der Waals surface area contributed by atoms with Gasteiger partial charge in [-0.1, -0.05) is 0 Å². The number of carbonyl (C=O) groups excluding carboxylic acids is 1. The van der Waals surface area contributed by atoms with Crippen molar-refractivity contribution in [2.24, 2.45) is 0 Å². The van der Waals surface area contributed by atoms with Gasteiger partial charge in [-0.3, -0.25) is 4.79 Å². The van der Waals surface area contributed by atoms with Crippen LogP contribution < -0.4 is 4.74 Å². The highest BCUT2D eigenvalue weighted by atomic mass is 19.1. The molecule has 0 saturated heterocycles. The average Bonchev–Trinajstić information content (AvgIpc) is 2.11. The van der Waals surface area contributed by atoms with Gasteiger partial charge in [0, 0.05) is 0 Å². The Morgan fingerprint density at radius 3 is 2.57 bits per heavy atom. The predicted octanol–water partition coefficient (Wildman–Crippen LogP) is 2.57. The first-order chi connectivity index (χ1) is 6.57. The second-order valence-electron chi connectivity index (χ2n) is 2.73. The van der Waals surface area contributed by atoms with Crippen LogP contribution in [0.2, 0.25) is 0 Å². The molecule has 0 fully saturated rings. The Morgan fingerprint density at radius 2 is 2.07 bits per heavy atom. The largest absolute Gasteiger partial charge is 0.488 e. The van der Waals surface area contributed by atoms with Gasteiger partial charge < -0.3 is 4.74 Å². The number of ketones is 1. The van der Waals surface area contributed by atoms with Gasteiger partial charge in [-0.15, -0.1) is 0 Å². The fourth-order valence-corrected chi connectivity index (χ4v) is 1.08. The highest BCUT2D eigenvalue weighted by Gasteiger charge is 2.16. The van der Waals surface area contributed by atoms with E-state index in [1.54, 1.807) is 6.92 Å². The van der Waals surface area contributed by atoms with Crippen LogP contribution >= 0.6 is 0 Å². The maximum absolute atomic E-state index is 13.4. The molecule has 14 heavy (non-hydrogen) atoms. The van der Waals surface area contributed by atoms with Crippen molar-refractivity contribution in [3.8, 4) is 5.75 Å². The zero-order valence-corrected chi connectivity index (χ0v) is 7.93. The smallest absolute Gasteiger partial charge is 0.191 e. The van der Waals surface area contributed by atoms with E-state index in [4.69, 9.17) is 4.74 Å². The van der Waals surface area contributed by atoms with E-state index in [1.807, 2.05) is 0 Å². The molecule has 0 N–H and O–H groups in total. The molecule has 2 nitrogen and oxygen atoms in total. The molecule has 0 amide bonds. The maximum Gasteiger partial charge on any atom is 0.191 e. The highest BCUT2D eigenvalue weighted by molar-refractivity contribution is 5.94. The van der Waals surface area contributed by atoms with Gasteiger partial charge in [0.2, 0.25) is 0 Å². The Labute approximate surface area is 80.5 Å². The van der Waals surface area contributed by atoms with Crippen molar-refractivity contribution in [1.29, 1.82) is 0 Å². The molecule has 0 aliphatic rings. The summed E-state index contributed by atoms with van der Waals surface area (Å²) in [5.41, 5.74) is -0.158. The summed E-state index contributed by atoms with van der Waals surface area (Å²) >= 11 is 0. The van der Waals surface area contributed by atoms with Crippen molar-refractivity contribution in [2.75, 3.05) is 6.61 Å². The van der Waals surface area contributed by atoms with E-state index in [0.29, 0.717) is 0 Å². The molecule has 0 bridgehead atoms. The number of carbonyl (C=O) groups is 1. The third-order valence-corrected chi connectivity index (χ3v) is 1.72. The van der Waals surface area contributed by atoms with Crippen LogP contribution in [0.4, 0.5) is 8.78 Å².